The number of ether oxygens (including phenoxy) is 1. The summed E-state index contributed by atoms with van der Waals surface area (Å²) in [6, 6.07) is 0. The SMILES string of the molecule is CCCC(O)COCC(=O)O. The first-order chi connectivity index (χ1) is 5.16. The average molecular weight is 162 g/mol. The van der Waals surface area contributed by atoms with Crippen LogP contribution < -0.4 is 0 Å². The van der Waals surface area contributed by atoms with Gasteiger partial charge in [-0.25, -0.2) is 4.79 Å². The van der Waals surface area contributed by atoms with Gasteiger partial charge in [0.15, 0.2) is 0 Å². The molecule has 0 aromatic rings. The van der Waals surface area contributed by atoms with Crippen LogP contribution >= 0.6 is 0 Å². The second kappa shape index (κ2) is 6.12. The highest BCUT2D eigenvalue weighted by atomic mass is 16.5. The number of hydrogen-bond donors (Lipinski definition) is 2. The van der Waals surface area contributed by atoms with E-state index in [1.807, 2.05) is 6.92 Å². The number of carbonyl (C=O) groups is 1. The number of hydrogen-bond acceptors (Lipinski definition) is 3. The van der Waals surface area contributed by atoms with Gasteiger partial charge in [-0.15, -0.1) is 0 Å². The molecule has 0 aliphatic rings. The summed E-state index contributed by atoms with van der Waals surface area (Å²) >= 11 is 0. The third kappa shape index (κ3) is 7.29. The van der Waals surface area contributed by atoms with Gasteiger partial charge in [0.2, 0.25) is 0 Å². The van der Waals surface area contributed by atoms with Gasteiger partial charge < -0.3 is 14.9 Å². The molecule has 0 saturated heterocycles. The minimum Gasteiger partial charge on any atom is -0.480 e. The van der Waals surface area contributed by atoms with E-state index in [0.717, 1.165) is 6.42 Å². The topological polar surface area (TPSA) is 66.8 Å². The highest BCUT2D eigenvalue weighted by molar-refractivity contribution is 5.67. The zero-order chi connectivity index (χ0) is 8.69. The Bertz CT molecular complexity index is 113. The van der Waals surface area contributed by atoms with Gasteiger partial charge in [-0.1, -0.05) is 13.3 Å². The number of aliphatic hydroxyl groups is 1. The van der Waals surface area contributed by atoms with Gasteiger partial charge in [-0.3, -0.25) is 0 Å². The summed E-state index contributed by atoms with van der Waals surface area (Å²) in [5, 5.41) is 17.2. The molecule has 0 aromatic carbocycles. The Labute approximate surface area is 65.8 Å². The van der Waals surface area contributed by atoms with Crippen molar-refractivity contribution >= 4 is 5.97 Å². The van der Waals surface area contributed by atoms with E-state index < -0.39 is 12.1 Å². The van der Waals surface area contributed by atoms with E-state index in [4.69, 9.17) is 10.2 Å². The van der Waals surface area contributed by atoms with E-state index in [-0.39, 0.29) is 13.2 Å². The van der Waals surface area contributed by atoms with Crippen LogP contribution in [0.4, 0.5) is 0 Å². The van der Waals surface area contributed by atoms with Crippen LogP contribution in [-0.4, -0.2) is 35.5 Å². The fourth-order valence-electron chi connectivity index (χ4n) is 0.699. The molecule has 0 heterocycles. The Morgan fingerprint density at radius 1 is 1.64 bits per heavy atom. The minimum absolute atomic E-state index is 0.111. The normalized spacial score (nSPS) is 12.9. The van der Waals surface area contributed by atoms with E-state index in [1.165, 1.54) is 0 Å². The first kappa shape index (κ1) is 10.4. The van der Waals surface area contributed by atoms with Crippen LogP contribution in [0.5, 0.6) is 0 Å². The summed E-state index contributed by atoms with van der Waals surface area (Å²) in [5.74, 6) is -1.01. The van der Waals surface area contributed by atoms with Gasteiger partial charge >= 0.3 is 5.97 Å². The van der Waals surface area contributed by atoms with Crippen LogP contribution in [0.25, 0.3) is 0 Å². The van der Waals surface area contributed by atoms with E-state index in [1.54, 1.807) is 0 Å². The van der Waals surface area contributed by atoms with E-state index >= 15 is 0 Å². The molecule has 11 heavy (non-hydrogen) atoms. The molecule has 0 aliphatic heterocycles. The maximum atomic E-state index is 9.93. The van der Waals surface area contributed by atoms with Crippen molar-refractivity contribution in [2.24, 2.45) is 0 Å². The van der Waals surface area contributed by atoms with Crippen molar-refractivity contribution in [2.45, 2.75) is 25.9 Å². The molecule has 4 heteroatoms. The van der Waals surface area contributed by atoms with Crippen LogP contribution in [-0.2, 0) is 9.53 Å². The van der Waals surface area contributed by atoms with Crippen molar-refractivity contribution in [3.8, 4) is 0 Å². The molecule has 4 nitrogen and oxygen atoms in total. The lowest BCUT2D eigenvalue weighted by atomic mass is 10.2. The zero-order valence-electron chi connectivity index (χ0n) is 6.62. The van der Waals surface area contributed by atoms with Gasteiger partial charge in [0, 0.05) is 0 Å². The Morgan fingerprint density at radius 3 is 2.73 bits per heavy atom. The van der Waals surface area contributed by atoms with Gasteiger partial charge in [0.25, 0.3) is 0 Å². The molecule has 0 radical (unpaired) electrons. The monoisotopic (exact) mass is 162 g/mol. The summed E-state index contributed by atoms with van der Waals surface area (Å²) < 4.78 is 4.66. The Morgan fingerprint density at radius 2 is 2.27 bits per heavy atom. The van der Waals surface area contributed by atoms with Crippen molar-refractivity contribution in [1.29, 1.82) is 0 Å². The summed E-state index contributed by atoms with van der Waals surface area (Å²) in [7, 11) is 0. The molecule has 0 aliphatic carbocycles. The van der Waals surface area contributed by atoms with E-state index in [9.17, 15) is 4.79 Å². The number of carboxylic acids is 1. The average Bonchev–Trinajstić information content (AvgIpc) is 1.87. The molecule has 66 valence electrons. The smallest absolute Gasteiger partial charge is 0.329 e. The Balaban J connectivity index is 3.16. The molecule has 1 unspecified atom stereocenters. The molecule has 0 spiro atoms. The standard InChI is InChI=1S/C7H14O4/c1-2-3-6(8)4-11-5-7(9)10/h6,8H,2-5H2,1H3,(H,9,10). The predicted molar refractivity (Wildman–Crippen MR) is 39.4 cm³/mol. The summed E-state index contributed by atoms with van der Waals surface area (Å²) in [5.41, 5.74) is 0. The Kier molecular flexibility index (Phi) is 5.78. The van der Waals surface area contributed by atoms with Gasteiger partial charge in [-0.05, 0) is 6.42 Å². The number of aliphatic carboxylic acids is 1. The second-order valence-electron chi connectivity index (χ2n) is 2.35. The fourth-order valence-corrected chi connectivity index (χ4v) is 0.699. The summed E-state index contributed by atoms with van der Waals surface area (Å²) in [4.78, 5) is 9.93. The minimum atomic E-state index is -1.01. The van der Waals surface area contributed by atoms with Crippen LogP contribution in [0, 0.1) is 0 Å². The number of aliphatic hydroxyl groups excluding tert-OH is 1. The lowest BCUT2D eigenvalue weighted by molar-refractivity contribution is -0.143. The third-order valence-electron chi connectivity index (χ3n) is 1.16. The Hall–Kier alpha value is -0.610. The molecule has 1 atom stereocenters. The van der Waals surface area contributed by atoms with Crippen molar-refractivity contribution in [3.05, 3.63) is 0 Å². The quantitative estimate of drug-likeness (QED) is 0.587. The van der Waals surface area contributed by atoms with Crippen LogP contribution in [0.15, 0.2) is 0 Å². The number of carboxylic acid groups (broad SMARTS) is 1. The lowest BCUT2D eigenvalue weighted by Gasteiger charge is -2.07. The molecule has 0 rings (SSSR count). The predicted octanol–water partition coefficient (Wildman–Crippen LogP) is 0.249. The molecular weight excluding hydrogens is 148 g/mol. The van der Waals surface area contributed by atoms with Crippen LogP contribution in [0.2, 0.25) is 0 Å². The molecule has 2 N–H and O–H groups in total. The van der Waals surface area contributed by atoms with Crippen molar-refractivity contribution in [3.63, 3.8) is 0 Å². The van der Waals surface area contributed by atoms with Crippen molar-refractivity contribution < 1.29 is 19.7 Å². The van der Waals surface area contributed by atoms with Crippen LogP contribution in [0.3, 0.4) is 0 Å². The first-order valence-corrected chi connectivity index (χ1v) is 3.64. The summed E-state index contributed by atoms with van der Waals surface area (Å²) in [6.07, 6.45) is 0.997. The molecule has 0 saturated carbocycles. The van der Waals surface area contributed by atoms with Gasteiger partial charge in [-0.2, -0.15) is 0 Å². The highest BCUT2D eigenvalue weighted by Gasteiger charge is 2.03. The zero-order valence-corrected chi connectivity index (χ0v) is 6.62. The highest BCUT2D eigenvalue weighted by Crippen LogP contribution is 1.95. The van der Waals surface area contributed by atoms with E-state index in [0.29, 0.717) is 6.42 Å². The molecule has 0 amide bonds. The molecule has 0 fully saturated rings. The lowest BCUT2D eigenvalue weighted by Crippen LogP contribution is -2.18. The summed E-state index contributed by atoms with van der Waals surface area (Å²) in [6.45, 7) is 1.72. The van der Waals surface area contributed by atoms with Crippen molar-refractivity contribution in [1.82, 2.24) is 0 Å². The van der Waals surface area contributed by atoms with Crippen LogP contribution in [0.1, 0.15) is 19.8 Å². The molecule has 0 bridgehead atoms. The molecule has 0 aromatic heterocycles. The fraction of sp³-hybridized carbons (Fsp3) is 0.857. The maximum Gasteiger partial charge on any atom is 0.329 e. The largest absolute Gasteiger partial charge is 0.480 e. The second-order valence-corrected chi connectivity index (χ2v) is 2.35. The third-order valence-corrected chi connectivity index (χ3v) is 1.16. The van der Waals surface area contributed by atoms with E-state index in [2.05, 4.69) is 4.74 Å². The van der Waals surface area contributed by atoms with Gasteiger partial charge in [0.05, 0.1) is 12.7 Å². The molecular formula is C7H14O4. The first-order valence-electron chi connectivity index (χ1n) is 3.64. The van der Waals surface area contributed by atoms with Gasteiger partial charge in [0.1, 0.15) is 6.61 Å². The number of rotatable bonds is 6. The van der Waals surface area contributed by atoms with Crippen molar-refractivity contribution in [2.75, 3.05) is 13.2 Å². The maximum absolute atomic E-state index is 9.93.